The van der Waals surface area contributed by atoms with E-state index in [1.165, 1.54) is 4.90 Å². The van der Waals surface area contributed by atoms with Crippen molar-refractivity contribution < 1.29 is 14.3 Å². The Morgan fingerprint density at radius 2 is 1.96 bits per heavy atom. The third kappa shape index (κ3) is 6.65. The van der Waals surface area contributed by atoms with Crippen LogP contribution in [0.25, 0.3) is 0 Å². The molecule has 1 unspecified atom stereocenters. The molecule has 6 nitrogen and oxygen atoms in total. The number of benzene rings is 1. The zero-order valence-electron chi connectivity index (χ0n) is 15.1. The van der Waals surface area contributed by atoms with Crippen molar-refractivity contribution in [1.29, 1.82) is 0 Å². The molecule has 1 aliphatic rings. The first-order chi connectivity index (χ1) is 11.5. The van der Waals surface area contributed by atoms with Gasteiger partial charge in [-0.2, -0.15) is 0 Å². The molecule has 25 heavy (non-hydrogen) atoms. The first-order valence-electron chi connectivity index (χ1n) is 8.39. The second kappa shape index (κ2) is 10.4. The van der Waals surface area contributed by atoms with E-state index in [-0.39, 0.29) is 43.4 Å². The second-order valence-corrected chi connectivity index (χ2v) is 6.33. The molecule has 1 aromatic carbocycles. The van der Waals surface area contributed by atoms with Crippen molar-refractivity contribution in [1.82, 2.24) is 10.2 Å². The molecule has 2 rings (SSSR count). The number of para-hydroxylation sites is 1. The number of halogens is 1. The maximum Gasteiger partial charge on any atom is 0.243 e. The summed E-state index contributed by atoms with van der Waals surface area (Å²) in [5.74, 6) is -0.299. The predicted molar refractivity (Wildman–Crippen MR) is 101 cm³/mol. The van der Waals surface area contributed by atoms with Crippen molar-refractivity contribution in [3.05, 3.63) is 29.3 Å². The largest absolute Gasteiger partial charge is 0.377 e. The highest BCUT2D eigenvalue weighted by Gasteiger charge is 2.17. The Kier molecular flexibility index (Phi) is 8.89. The number of ether oxygens (including phenoxy) is 1. The summed E-state index contributed by atoms with van der Waals surface area (Å²) in [6.45, 7) is 5.63. The molecule has 1 aliphatic heterocycles. The number of hydrogen-bond acceptors (Lipinski definition) is 4. The van der Waals surface area contributed by atoms with Crippen LogP contribution in [0.5, 0.6) is 0 Å². The summed E-state index contributed by atoms with van der Waals surface area (Å²) in [6.07, 6.45) is 2.32. The molecule has 2 amide bonds. The Bertz CT molecular complexity index is 569. The summed E-state index contributed by atoms with van der Waals surface area (Å²) in [4.78, 5) is 25.7. The van der Waals surface area contributed by atoms with Crippen molar-refractivity contribution >= 4 is 29.9 Å². The van der Waals surface area contributed by atoms with Crippen LogP contribution in [-0.2, 0) is 14.3 Å². The zero-order chi connectivity index (χ0) is 17.5. The lowest BCUT2D eigenvalue weighted by molar-refractivity contribution is -0.132. The summed E-state index contributed by atoms with van der Waals surface area (Å²) in [5.41, 5.74) is 2.84. The highest BCUT2D eigenvalue weighted by Crippen LogP contribution is 2.19. The van der Waals surface area contributed by atoms with Gasteiger partial charge < -0.3 is 20.3 Å². The fraction of sp³-hybridized carbons (Fsp3) is 0.556. The molecule has 1 aromatic rings. The molecule has 7 heteroatoms. The first kappa shape index (κ1) is 21.4. The molecule has 1 saturated heterocycles. The van der Waals surface area contributed by atoms with Gasteiger partial charge in [-0.3, -0.25) is 9.59 Å². The van der Waals surface area contributed by atoms with Gasteiger partial charge in [-0.05, 0) is 37.8 Å². The van der Waals surface area contributed by atoms with Gasteiger partial charge >= 0.3 is 0 Å². The van der Waals surface area contributed by atoms with Gasteiger partial charge in [0.05, 0.1) is 19.2 Å². The number of nitrogens with one attached hydrogen (secondary N) is 2. The monoisotopic (exact) mass is 369 g/mol. The van der Waals surface area contributed by atoms with Crippen LogP contribution in [0.4, 0.5) is 5.69 Å². The number of rotatable bonds is 7. The van der Waals surface area contributed by atoms with E-state index in [1.807, 2.05) is 32.0 Å². The highest BCUT2D eigenvalue weighted by atomic mass is 35.5. The van der Waals surface area contributed by atoms with Crippen LogP contribution in [0.1, 0.15) is 24.0 Å². The number of aryl methyl sites for hydroxylation is 2. The van der Waals surface area contributed by atoms with E-state index in [9.17, 15) is 9.59 Å². The van der Waals surface area contributed by atoms with Crippen LogP contribution in [0.2, 0.25) is 0 Å². The molecule has 0 radical (unpaired) electrons. The Morgan fingerprint density at radius 1 is 1.28 bits per heavy atom. The van der Waals surface area contributed by atoms with Gasteiger partial charge in [0.2, 0.25) is 11.8 Å². The molecule has 1 atom stereocenters. The molecule has 2 N–H and O–H groups in total. The smallest absolute Gasteiger partial charge is 0.243 e. The van der Waals surface area contributed by atoms with Gasteiger partial charge in [-0.1, -0.05) is 18.2 Å². The van der Waals surface area contributed by atoms with Crippen LogP contribution < -0.4 is 10.6 Å². The molecule has 140 valence electrons. The molecule has 0 spiro atoms. The third-order valence-electron chi connectivity index (χ3n) is 4.22. The van der Waals surface area contributed by atoms with Crippen molar-refractivity contribution in [2.75, 3.05) is 38.6 Å². The van der Waals surface area contributed by atoms with E-state index < -0.39 is 0 Å². The van der Waals surface area contributed by atoms with E-state index in [1.54, 1.807) is 7.05 Å². The zero-order valence-corrected chi connectivity index (χ0v) is 15.9. The Hall–Kier alpha value is -1.63. The van der Waals surface area contributed by atoms with Gasteiger partial charge in [-0.25, -0.2) is 0 Å². The fourth-order valence-electron chi connectivity index (χ4n) is 2.77. The minimum atomic E-state index is -0.192. The minimum absolute atomic E-state index is 0. The SMILES string of the molecule is Cc1cccc(C)c1NC(=O)CN(C)C(=O)CNCC1CCCO1.Cl. The van der Waals surface area contributed by atoms with Crippen molar-refractivity contribution in [2.24, 2.45) is 0 Å². The Morgan fingerprint density at radius 3 is 2.56 bits per heavy atom. The standard InChI is InChI=1S/C18H27N3O3.ClH/c1-13-6-4-7-14(2)18(13)20-16(22)12-21(3)17(23)11-19-10-15-8-5-9-24-15;/h4,6-7,15,19H,5,8-12H2,1-3H3,(H,20,22);1H. The lowest BCUT2D eigenvalue weighted by atomic mass is 10.1. The van der Waals surface area contributed by atoms with E-state index in [2.05, 4.69) is 10.6 Å². The molecule has 0 bridgehead atoms. The summed E-state index contributed by atoms with van der Waals surface area (Å²) < 4.78 is 5.50. The molecule has 0 aliphatic carbocycles. The number of carbonyl (C=O) groups is 2. The maximum absolute atomic E-state index is 12.2. The van der Waals surface area contributed by atoms with Gasteiger partial charge in [0.25, 0.3) is 0 Å². The first-order valence-corrected chi connectivity index (χ1v) is 8.39. The quantitative estimate of drug-likeness (QED) is 0.770. The van der Waals surface area contributed by atoms with Crippen LogP contribution >= 0.6 is 12.4 Å². The number of likely N-dealkylation sites (N-methyl/N-ethyl adjacent to an activating group) is 1. The normalized spacial score (nSPS) is 16.2. The van der Waals surface area contributed by atoms with Crippen molar-refractivity contribution in [3.63, 3.8) is 0 Å². The molecular weight excluding hydrogens is 342 g/mol. The molecule has 0 aromatic heterocycles. The summed E-state index contributed by atoms with van der Waals surface area (Å²) in [5, 5.41) is 5.99. The Labute approximate surface area is 155 Å². The lowest BCUT2D eigenvalue weighted by Gasteiger charge is -2.19. The number of carbonyl (C=O) groups excluding carboxylic acids is 2. The Balaban J connectivity index is 0.00000312. The van der Waals surface area contributed by atoms with Crippen molar-refractivity contribution in [3.8, 4) is 0 Å². The average Bonchev–Trinajstić information content (AvgIpc) is 3.04. The fourth-order valence-corrected chi connectivity index (χ4v) is 2.77. The van der Waals surface area contributed by atoms with Gasteiger partial charge in [0, 0.05) is 25.9 Å². The second-order valence-electron chi connectivity index (χ2n) is 6.33. The van der Waals surface area contributed by atoms with Crippen LogP contribution in [-0.4, -0.2) is 56.1 Å². The molecule has 0 saturated carbocycles. The van der Waals surface area contributed by atoms with Crippen LogP contribution in [0.3, 0.4) is 0 Å². The van der Waals surface area contributed by atoms with E-state index >= 15 is 0 Å². The van der Waals surface area contributed by atoms with Gasteiger partial charge in [-0.15, -0.1) is 12.4 Å². The topological polar surface area (TPSA) is 70.7 Å². The van der Waals surface area contributed by atoms with Crippen LogP contribution in [0, 0.1) is 13.8 Å². The number of anilines is 1. The molecule has 1 heterocycles. The van der Waals surface area contributed by atoms with Crippen LogP contribution in [0.15, 0.2) is 18.2 Å². The third-order valence-corrected chi connectivity index (χ3v) is 4.22. The molecule has 1 fully saturated rings. The minimum Gasteiger partial charge on any atom is -0.377 e. The van der Waals surface area contributed by atoms with Gasteiger partial charge in [0.15, 0.2) is 0 Å². The van der Waals surface area contributed by atoms with E-state index in [0.717, 1.165) is 36.3 Å². The number of hydrogen-bond donors (Lipinski definition) is 2. The van der Waals surface area contributed by atoms with E-state index in [0.29, 0.717) is 6.54 Å². The average molecular weight is 370 g/mol. The summed E-state index contributed by atoms with van der Waals surface area (Å²) in [6, 6.07) is 5.86. The number of amides is 2. The summed E-state index contributed by atoms with van der Waals surface area (Å²) in [7, 11) is 1.64. The van der Waals surface area contributed by atoms with Gasteiger partial charge in [0.1, 0.15) is 0 Å². The lowest BCUT2D eigenvalue weighted by Crippen LogP contribution is -2.41. The highest BCUT2D eigenvalue weighted by molar-refractivity contribution is 5.95. The molecular formula is C18H28ClN3O3. The predicted octanol–water partition coefficient (Wildman–Crippen LogP) is 1.89. The van der Waals surface area contributed by atoms with Crippen molar-refractivity contribution in [2.45, 2.75) is 32.8 Å². The number of nitrogens with zero attached hydrogens (tertiary/aromatic N) is 1. The van der Waals surface area contributed by atoms with E-state index in [4.69, 9.17) is 4.74 Å². The summed E-state index contributed by atoms with van der Waals surface area (Å²) >= 11 is 0. The maximum atomic E-state index is 12.2.